The van der Waals surface area contributed by atoms with Gasteiger partial charge in [-0.3, -0.25) is 28.8 Å². The third kappa shape index (κ3) is 19.1. The van der Waals surface area contributed by atoms with Gasteiger partial charge in [0.15, 0.2) is 0 Å². The third-order valence-corrected chi connectivity index (χ3v) is 19.1. The van der Waals surface area contributed by atoms with Crippen LogP contribution in [-0.2, 0) is 28.8 Å². The summed E-state index contributed by atoms with van der Waals surface area (Å²) in [6, 6.07) is -2.33. The molecule has 410 valence electrons. The van der Waals surface area contributed by atoms with E-state index in [0.29, 0.717) is 99.6 Å². The zero-order valence-electron chi connectivity index (χ0n) is 42.1. The van der Waals surface area contributed by atoms with Gasteiger partial charge in [-0.2, -0.15) is 35.3 Å². The van der Waals surface area contributed by atoms with Crippen LogP contribution in [0.5, 0.6) is 0 Å². The Hall–Kier alpha value is -4.36. The van der Waals surface area contributed by atoms with Crippen molar-refractivity contribution < 1.29 is 43.2 Å². The van der Waals surface area contributed by atoms with Gasteiger partial charge in [0.05, 0.1) is 42.3 Å². The second-order valence-corrected chi connectivity index (χ2v) is 24.1. The van der Waals surface area contributed by atoms with Crippen molar-refractivity contribution in [1.82, 2.24) is 58.5 Å². The maximum Gasteiger partial charge on any atom is 0.315 e. The largest absolute Gasteiger partial charge is 0.368 e. The Bertz CT molecular complexity index is 1910. The van der Waals surface area contributed by atoms with Crippen LogP contribution in [0.4, 0.5) is 14.4 Å². The van der Waals surface area contributed by atoms with Crippen molar-refractivity contribution in [2.45, 2.75) is 205 Å². The monoisotopic (exact) mass is 1080 g/mol. The first-order valence-electron chi connectivity index (χ1n) is 26.8. The van der Waals surface area contributed by atoms with E-state index in [4.69, 9.17) is 11.5 Å². The number of carbonyl (C=O) groups excluding carboxylic acids is 9. The van der Waals surface area contributed by atoms with Crippen molar-refractivity contribution in [3.8, 4) is 0 Å². The second-order valence-electron chi connectivity index (χ2n) is 20.3. The molecule has 0 spiro atoms. The zero-order valence-corrected chi connectivity index (χ0v) is 44.5. The highest BCUT2D eigenvalue weighted by molar-refractivity contribution is 8.00. The van der Waals surface area contributed by atoms with Gasteiger partial charge in [-0.25, -0.2) is 14.4 Å². The number of urea groups is 3. The van der Waals surface area contributed by atoms with Crippen molar-refractivity contribution in [1.29, 1.82) is 0 Å². The quantitative estimate of drug-likeness (QED) is 0.0309. The topological polar surface area (TPSA) is 338 Å². The number of hydrogen-bond acceptors (Lipinski definition) is 13. The molecule has 0 radical (unpaired) electrons. The normalized spacial score (nSPS) is 26.6. The molecule has 6 heterocycles. The summed E-state index contributed by atoms with van der Waals surface area (Å²) < 4.78 is 0. The number of primary amides is 1. The Morgan fingerprint density at radius 2 is 0.822 bits per heavy atom. The third-order valence-electron chi connectivity index (χ3n) is 14.6. The lowest BCUT2D eigenvalue weighted by atomic mass is 10.0. The van der Waals surface area contributed by atoms with E-state index in [1.807, 2.05) is 35.3 Å². The molecule has 12 amide bonds. The van der Waals surface area contributed by atoms with E-state index in [1.165, 1.54) is 0 Å². The molecule has 0 aliphatic carbocycles. The first kappa shape index (κ1) is 57.9. The van der Waals surface area contributed by atoms with Crippen LogP contribution >= 0.6 is 35.3 Å². The van der Waals surface area contributed by atoms with Crippen LogP contribution in [0.3, 0.4) is 0 Å². The molecule has 25 heteroatoms. The van der Waals surface area contributed by atoms with Crippen molar-refractivity contribution in [3.63, 3.8) is 0 Å². The standard InChI is InChI=1S/C48H81N13O9S3/c49-28(13-7-10-22-51-37(62)19-4-1-16-34-40-31(25-71-34)56-46(68)59-40)44(66)55-30(15-9-12-24-53-39(64)21-6-3-18-36-42-33(27-73-36)58-48(70)61-42)45(67)54-29(43(50)65)14-8-11-23-52-38(63)20-5-2-17-35-41-32(26-72-35)57-47(69)60-41/h28-36,40-42H,1-27,49H2,(H2,50,65)(H,51,62)(H,52,63)(H,53,64)(H,54,67)(H,55,66)(H2,56,59,68)(H2,57,60,69)(H2,58,61,70)/t28-,29-,30-,31-,32-,33-,34-,35-,36-,40-,41-,42-/m0/s1. The van der Waals surface area contributed by atoms with Crippen LogP contribution in [-0.4, -0.2) is 161 Å². The molecule has 12 atom stereocenters. The lowest BCUT2D eigenvalue weighted by Crippen LogP contribution is -2.55. The molecule has 0 aromatic heterocycles. The van der Waals surface area contributed by atoms with Gasteiger partial charge in [-0.1, -0.05) is 19.3 Å². The van der Waals surface area contributed by atoms with Crippen LogP contribution in [0.1, 0.15) is 135 Å². The number of amides is 12. The first-order valence-corrected chi connectivity index (χ1v) is 29.9. The first-order chi connectivity index (χ1) is 35.2. The molecule has 6 fully saturated rings. The van der Waals surface area contributed by atoms with Crippen LogP contribution in [0.15, 0.2) is 0 Å². The van der Waals surface area contributed by atoms with Crippen molar-refractivity contribution >= 4 is 88.8 Å². The molecule has 0 saturated carbocycles. The number of rotatable bonds is 35. The van der Waals surface area contributed by atoms with E-state index in [2.05, 4.69) is 58.5 Å². The van der Waals surface area contributed by atoms with Crippen LogP contribution < -0.4 is 70.0 Å². The number of nitrogens with two attached hydrogens (primary N) is 2. The average Bonchev–Trinajstić information content (AvgIpc) is 4.22. The highest BCUT2D eigenvalue weighted by atomic mass is 32.2. The van der Waals surface area contributed by atoms with Crippen molar-refractivity contribution in [2.75, 3.05) is 36.9 Å². The van der Waals surface area contributed by atoms with Gasteiger partial charge in [0.2, 0.25) is 35.4 Å². The molecule has 0 aromatic carbocycles. The molecule has 0 unspecified atom stereocenters. The molecular formula is C48H81N13O9S3. The Labute approximate surface area is 441 Å². The SMILES string of the molecule is NC(=O)[C@H](CCCCNC(=O)CCCC[C@@H]1SC[C@@H]2NC(=O)N[C@@H]21)NC(=O)[C@H](CCCCNC(=O)CCCC[C@@H]1SC[C@@H]2NC(=O)N[C@@H]21)NC(=O)[C@@H](N)CCCCNC(=O)CCCC[C@@H]1SC[C@@H]2NC(=O)N[C@@H]21. The van der Waals surface area contributed by atoms with Gasteiger partial charge in [-0.05, 0) is 96.3 Å². The molecule has 6 aliphatic rings. The molecule has 15 N–H and O–H groups in total. The zero-order chi connectivity index (χ0) is 52.1. The number of nitrogens with one attached hydrogen (secondary N) is 11. The Balaban J connectivity index is 0.856. The summed E-state index contributed by atoms with van der Waals surface area (Å²) in [5.41, 5.74) is 12.0. The summed E-state index contributed by atoms with van der Waals surface area (Å²) in [4.78, 5) is 112. The fourth-order valence-electron chi connectivity index (χ4n) is 10.4. The van der Waals surface area contributed by atoms with Gasteiger partial charge in [0.1, 0.15) is 12.1 Å². The molecule has 73 heavy (non-hydrogen) atoms. The second kappa shape index (κ2) is 30.3. The lowest BCUT2D eigenvalue weighted by molar-refractivity contribution is -0.132. The fraction of sp³-hybridized carbons (Fsp3) is 0.812. The summed E-state index contributed by atoms with van der Waals surface area (Å²) in [6.07, 6.45) is 12.9. The van der Waals surface area contributed by atoms with E-state index in [1.54, 1.807) is 0 Å². The van der Waals surface area contributed by atoms with E-state index in [9.17, 15) is 43.2 Å². The Morgan fingerprint density at radius 3 is 1.21 bits per heavy atom. The summed E-state index contributed by atoms with van der Waals surface area (Å²) in [7, 11) is 0. The number of carbonyl (C=O) groups is 9. The van der Waals surface area contributed by atoms with Gasteiger partial charge in [-0.15, -0.1) is 0 Å². The predicted molar refractivity (Wildman–Crippen MR) is 283 cm³/mol. The fourth-order valence-corrected chi connectivity index (χ4v) is 15.1. The van der Waals surface area contributed by atoms with Crippen LogP contribution in [0.25, 0.3) is 0 Å². The summed E-state index contributed by atoms with van der Waals surface area (Å²) in [6.45, 7) is 1.23. The maximum atomic E-state index is 13.7. The van der Waals surface area contributed by atoms with Crippen LogP contribution in [0.2, 0.25) is 0 Å². The van der Waals surface area contributed by atoms with E-state index in [-0.39, 0.29) is 84.9 Å². The summed E-state index contributed by atoms with van der Waals surface area (Å²) in [5, 5.41) is 33.2. The molecule has 22 nitrogen and oxygen atoms in total. The van der Waals surface area contributed by atoms with Gasteiger partial charge < -0.3 is 70.0 Å². The lowest BCUT2D eigenvalue weighted by Gasteiger charge is -2.23. The minimum Gasteiger partial charge on any atom is -0.368 e. The van der Waals surface area contributed by atoms with Crippen LogP contribution in [0, 0.1) is 0 Å². The van der Waals surface area contributed by atoms with Gasteiger partial charge in [0, 0.05) is 71.9 Å². The Morgan fingerprint density at radius 1 is 0.466 bits per heavy atom. The molecule has 6 saturated heterocycles. The van der Waals surface area contributed by atoms with E-state index < -0.39 is 35.8 Å². The molecule has 0 bridgehead atoms. The number of fused-ring (bicyclic) bond motifs is 3. The molecule has 6 aliphatic heterocycles. The van der Waals surface area contributed by atoms with Gasteiger partial charge in [0.25, 0.3) is 0 Å². The van der Waals surface area contributed by atoms with Gasteiger partial charge >= 0.3 is 18.1 Å². The van der Waals surface area contributed by atoms with Crippen molar-refractivity contribution in [3.05, 3.63) is 0 Å². The number of thioether (sulfide) groups is 3. The highest BCUT2D eigenvalue weighted by Crippen LogP contribution is 2.35. The highest BCUT2D eigenvalue weighted by Gasteiger charge is 2.44. The smallest absolute Gasteiger partial charge is 0.315 e. The van der Waals surface area contributed by atoms with Crippen molar-refractivity contribution in [2.24, 2.45) is 11.5 Å². The predicted octanol–water partition coefficient (Wildman–Crippen LogP) is 0.805. The van der Waals surface area contributed by atoms with E-state index >= 15 is 0 Å². The number of unbranched alkanes of at least 4 members (excludes halogenated alkanes) is 6. The minimum atomic E-state index is -1.02. The number of hydrogen-bond donors (Lipinski definition) is 13. The molecule has 0 aromatic rings. The minimum absolute atomic E-state index is 0.0356. The Kier molecular flexibility index (Phi) is 24.0. The summed E-state index contributed by atoms with van der Waals surface area (Å²) in [5.74, 6) is 0.716. The average molecular weight is 1080 g/mol. The van der Waals surface area contributed by atoms with E-state index in [0.717, 1.165) is 75.0 Å². The maximum absolute atomic E-state index is 13.7. The molecular weight excluding hydrogens is 999 g/mol. The molecule has 6 rings (SSSR count). The summed E-state index contributed by atoms with van der Waals surface area (Å²) >= 11 is 5.56.